The van der Waals surface area contributed by atoms with Crippen LogP contribution in [0.5, 0.6) is 5.75 Å². The maximum atomic E-state index is 12.4. The third-order valence-corrected chi connectivity index (χ3v) is 5.03. The van der Waals surface area contributed by atoms with Crippen LogP contribution in [0, 0.1) is 0 Å². The van der Waals surface area contributed by atoms with Crippen LogP contribution in [0.4, 0.5) is 0 Å². The van der Waals surface area contributed by atoms with Crippen molar-refractivity contribution in [3.05, 3.63) is 59.7 Å². The van der Waals surface area contributed by atoms with Crippen LogP contribution in [-0.2, 0) is 16.4 Å². The minimum absolute atomic E-state index is 0. The molecule has 148 valence electrons. The topological polar surface area (TPSA) is 89.7 Å². The van der Waals surface area contributed by atoms with E-state index < -0.39 is 9.84 Å². The van der Waals surface area contributed by atoms with Crippen molar-refractivity contribution >= 4 is 28.2 Å². The molecule has 2 aromatic rings. The van der Waals surface area contributed by atoms with Crippen LogP contribution in [0.1, 0.15) is 22.3 Å². The lowest BCUT2D eigenvalue weighted by Gasteiger charge is -2.17. The fraction of sp³-hybridized carbons (Fsp3) is 0.316. The van der Waals surface area contributed by atoms with Crippen LogP contribution in [0.2, 0.25) is 0 Å². The summed E-state index contributed by atoms with van der Waals surface area (Å²) in [6.45, 7) is 1.36. The number of nitrogens with two attached hydrogens (primary N) is 1. The molecule has 0 unspecified atom stereocenters. The lowest BCUT2D eigenvalue weighted by molar-refractivity contribution is 0.0788. The second-order valence-corrected chi connectivity index (χ2v) is 8.09. The number of carbonyl (C=O) groups is 1. The van der Waals surface area contributed by atoms with E-state index >= 15 is 0 Å². The largest absolute Gasteiger partial charge is 0.493 e. The Labute approximate surface area is 166 Å². The molecular formula is C19H25ClN2O4S. The highest BCUT2D eigenvalue weighted by Gasteiger charge is 2.11. The molecule has 0 saturated heterocycles. The van der Waals surface area contributed by atoms with Gasteiger partial charge in [0.15, 0.2) is 9.84 Å². The zero-order chi connectivity index (χ0) is 19.2. The Kier molecular flexibility index (Phi) is 8.75. The molecule has 0 bridgehead atoms. The van der Waals surface area contributed by atoms with Gasteiger partial charge in [0.2, 0.25) is 0 Å². The molecule has 2 rings (SSSR count). The van der Waals surface area contributed by atoms with E-state index in [1.165, 1.54) is 12.1 Å². The molecule has 0 aliphatic rings. The van der Waals surface area contributed by atoms with Crippen molar-refractivity contribution in [1.82, 2.24) is 4.90 Å². The molecule has 6 nitrogen and oxygen atoms in total. The summed E-state index contributed by atoms with van der Waals surface area (Å²) in [7, 11) is -1.52. The van der Waals surface area contributed by atoms with Crippen molar-refractivity contribution in [3.8, 4) is 5.75 Å². The van der Waals surface area contributed by atoms with Crippen molar-refractivity contribution in [1.29, 1.82) is 0 Å². The second kappa shape index (κ2) is 10.3. The Hall–Kier alpha value is -2.09. The van der Waals surface area contributed by atoms with Crippen molar-refractivity contribution in [2.24, 2.45) is 5.73 Å². The van der Waals surface area contributed by atoms with Crippen LogP contribution >= 0.6 is 12.4 Å². The molecule has 1 amide bonds. The zero-order valence-corrected chi connectivity index (χ0v) is 17.1. The number of benzene rings is 2. The highest BCUT2D eigenvalue weighted by molar-refractivity contribution is 7.90. The summed E-state index contributed by atoms with van der Waals surface area (Å²) in [4.78, 5) is 14.2. The van der Waals surface area contributed by atoms with E-state index in [4.69, 9.17) is 10.5 Å². The Morgan fingerprint density at radius 1 is 1.15 bits per heavy atom. The van der Waals surface area contributed by atoms with Gasteiger partial charge >= 0.3 is 0 Å². The molecule has 0 radical (unpaired) electrons. The van der Waals surface area contributed by atoms with E-state index in [1.807, 2.05) is 12.1 Å². The Morgan fingerprint density at radius 2 is 1.81 bits per heavy atom. The van der Waals surface area contributed by atoms with Gasteiger partial charge in [0.05, 0.1) is 11.5 Å². The van der Waals surface area contributed by atoms with Gasteiger partial charge in [-0.1, -0.05) is 18.2 Å². The van der Waals surface area contributed by atoms with Gasteiger partial charge in [-0.15, -0.1) is 12.4 Å². The van der Waals surface area contributed by atoms with Crippen LogP contribution in [-0.4, -0.2) is 45.7 Å². The average molecular weight is 413 g/mol. The number of sulfone groups is 1. The first-order valence-corrected chi connectivity index (χ1v) is 10.2. The van der Waals surface area contributed by atoms with Crippen LogP contribution in [0.3, 0.4) is 0 Å². The van der Waals surface area contributed by atoms with Gasteiger partial charge in [-0.3, -0.25) is 4.79 Å². The molecule has 8 heteroatoms. The van der Waals surface area contributed by atoms with Crippen molar-refractivity contribution < 1.29 is 17.9 Å². The van der Waals surface area contributed by atoms with Crippen LogP contribution in [0.25, 0.3) is 0 Å². The molecule has 0 aromatic heterocycles. The summed E-state index contributed by atoms with van der Waals surface area (Å²) >= 11 is 0. The smallest absolute Gasteiger partial charge is 0.253 e. The summed E-state index contributed by atoms with van der Waals surface area (Å²) in [6, 6.07) is 13.6. The number of hydrogen-bond donors (Lipinski definition) is 1. The molecular weight excluding hydrogens is 388 g/mol. The quantitative estimate of drug-likeness (QED) is 0.673. The Balaban J connectivity index is 0.00000364. The van der Waals surface area contributed by atoms with Gasteiger partial charge < -0.3 is 15.4 Å². The third-order valence-electron chi connectivity index (χ3n) is 3.92. The van der Waals surface area contributed by atoms with Gasteiger partial charge in [0.1, 0.15) is 5.75 Å². The number of rotatable bonds is 8. The first kappa shape index (κ1) is 23.0. The summed E-state index contributed by atoms with van der Waals surface area (Å²) in [5.41, 5.74) is 7.15. The van der Waals surface area contributed by atoms with E-state index in [0.29, 0.717) is 37.4 Å². The first-order chi connectivity index (χ1) is 12.3. The lowest BCUT2D eigenvalue weighted by atomic mass is 10.1. The molecule has 0 fully saturated rings. The molecule has 2 aromatic carbocycles. The fourth-order valence-electron chi connectivity index (χ4n) is 2.39. The molecule has 0 aliphatic carbocycles. The van der Waals surface area contributed by atoms with Crippen molar-refractivity contribution in [2.45, 2.75) is 17.9 Å². The first-order valence-electron chi connectivity index (χ1n) is 8.28. The lowest BCUT2D eigenvalue weighted by Crippen LogP contribution is -2.28. The van der Waals surface area contributed by atoms with Gasteiger partial charge in [0.25, 0.3) is 5.91 Å². The molecule has 27 heavy (non-hydrogen) atoms. The number of halogens is 1. The summed E-state index contributed by atoms with van der Waals surface area (Å²) in [5, 5.41) is 0. The van der Waals surface area contributed by atoms with Crippen LogP contribution in [0.15, 0.2) is 53.4 Å². The van der Waals surface area contributed by atoms with E-state index in [9.17, 15) is 13.2 Å². The van der Waals surface area contributed by atoms with E-state index in [0.717, 1.165) is 11.8 Å². The summed E-state index contributed by atoms with van der Waals surface area (Å²) < 4.78 is 28.7. The monoisotopic (exact) mass is 412 g/mol. The number of hydrogen-bond acceptors (Lipinski definition) is 5. The van der Waals surface area contributed by atoms with Gasteiger partial charge in [-0.05, 0) is 42.3 Å². The molecule has 0 aliphatic heterocycles. The molecule has 0 saturated carbocycles. The molecule has 0 atom stereocenters. The number of ether oxygens (including phenoxy) is 1. The van der Waals surface area contributed by atoms with Gasteiger partial charge in [-0.2, -0.15) is 0 Å². The van der Waals surface area contributed by atoms with E-state index in [2.05, 4.69) is 0 Å². The van der Waals surface area contributed by atoms with E-state index in [-0.39, 0.29) is 23.2 Å². The van der Waals surface area contributed by atoms with Crippen molar-refractivity contribution in [2.75, 3.05) is 26.5 Å². The second-order valence-electron chi connectivity index (χ2n) is 6.08. The normalized spacial score (nSPS) is 10.8. The summed E-state index contributed by atoms with van der Waals surface area (Å²) in [5.74, 6) is 0.437. The van der Waals surface area contributed by atoms with E-state index in [1.54, 1.807) is 36.2 Å². The number of nitrogens with zero attached hydrogens (tertiary/aromatic N) is 1. The van der Waals surface area contributed by atoms with Gasteiger partial charge in [0, 0.05) is 32.0 Å². The highest BCUT2D eigenvalue weighted by Crippen LogP contribution is 2.17. The Bertz CT molecular complexity index is 854. The predicted molar refractivity (Wildman–Crippen MR) is 108 cm³/mol. The minimum Gasteiger partial charge on any atom is -0.493 e. The average Bonchev–Trinajstić information content (AvgIpc) is 2.64. The molecule has 2 N–H and O–H groups in total. The minimum atomic E-state index is -3.26. The fourth-order valence-corrected chi connectivity index (χ4v) is 3.05. The maximum absolute atomic E-state index is 12.4. The summed E-state index contributed by atoms with van der Waals surface area (Å²) in [6.07, 6.45) is 1.79. The third kappa shape index (κ3) is 6.86. The number of carbonyl (C=O) groups excluding carboxylic acids is 1. The standard InChI is InChI=1S/C19H24N2O4S.ClH/c1-21(19(22)16-9-7-15(14-20)8-10-16)11-4-12-25-17-5-3-6-18(13-17)26(2,23)24;/h3,5-10,13H,4,11-12,14,20H2,1-2H3;1H. The maximum Gasteiger partial charge on any atom is 0.253 e. The zero-order valence-electron chi connectivity index (χ0n) is 15.4. The molecule has 0 heterocycles. The molecule has 0 spiro atoms. The van der Waals surface area contributed by atoms with Crippen molar-refractivity contribution in [3.63, 3.8) is 0 Å². The van der Waals surface area contributed by atoms with Gasteiger partial charge in [-0.25, -0.2) is 8.42 Å². The SMILES string of the molecule is CN(CCCOc1cccc(S(C)(=O)=O)c1)C(=O)c1ccc(CN)cc1.Cl. The Morgan fingerprint density at radius 3 is 2.41 bits per heavy atom. The predicted octanol–water partition coefficient (Wildman–Crippen LogP) is 2.51. The number of amides is 1. The highest BCUT2D eigenvalue weighted by atomic mass is 35.5. The van der Waals surface area contributed by atoms with Crippen LogP contribution < -0.4 is 10.5 Å².